The Morgan fingerprint density at radius 1 is 1.52 bits per heavy atom. The highest BCUT2D eigenvalue weighted by Gasteiger charge is 2.45. The summed E-state index contributed by atoms with van der Waals surface area (Å²) in [6, 6.07) is 5.84. The number of amides is 2. The fraction of sp³-hybridized carbons (Fsp3) is 0.375. The normalized spacial score (nSPS) is 25.7. The van der Waals surface area contributed by atoms with Crippen molar-refractivity contribution in [2.45, 2.75) is 24.6 Å². The van der Waals surface area contributed by atoms with Crippen molar-refractivity contribution in [3.05, 3.63) is 29.5 Å². The Balaban J connectivity index is 1.63. The Hall–Kier alpha value is -2.33. The maximum Gasteiger partial charge on any atom is 0.322 e. The van der Waals surface area contributed by atoms with Crippen LogP contribution in [0.1, 0.15) is 17.5 Å². The number of aromatic amines is 1. The molecule has 2 N–H and O–H groups in total. The first kappa shape index (κ1) is 14.3. The van der Waals surface area contributed by atoms with Crippen molar-refractivity contribution in [2.24, 2.45) is 0 Å². The van der Waals surface area contributed by atoms with Crippen molar-refractivity contribution in [3.8, 4) is 6.07 Å². The lowest BCUT2D eigenvalue weighted by Crippen LogP contribution is -2.44. The van der Waals surface area contributed by atoms with E-state index in [1.165, 1.54) is 0 Å². The summed E-state index contributed by atoms with van der Waals surface area (Å²) in [5, 5.41) is 13.1. The maximum absolute atomic E-state index is 12.6. The number of anilines is 1. The smallest absolute Gasteiger partial charge is 0.322 e. The lowest BCUT2D eigenvalue weighted by atomic mass is 10.1. The Labute approximate surface area is 135 Å². The summed E-state index contributed by atoms with van der Waals surface area (Å²) in [6.07, 6.45) is 2.50. The number of aromatic nitrogens is 1. The van der Waals surface area contributed by atoms with Gasteiger partial charge in [-0.05, 0) is 25.0 Å². The van der Waals surface area contributed by atoms with E-state index >= 15 is 0 Å². The number of rotatable bonds is 1. The Bertz CT molecular complexity index is 882. The Morgan fingerprint density at radius 2 is 2.35 bits per heavy atom. The maximum atomic E-state index is 12.6. The highest BCUT2D eigenvalue weighted by atomic mass is 32.2. The van der Waals surface area contributed by atoms with Gasteiger partial charge >= 0.3 is 6.03 Å². The van der Waals surface area contributed by atoms with Crippen LogP contribution in [0.5, 0.6) is 0 Å². The fourth-order valence-electron chi connectivity index (χ4n) is 3.60. The first-order valence-electron chi connectivity index (χ1n) is 7.54. The average Bonchev–Trinajstić information content (AvgIpc) is 3.22. The Morgan fingerprint density at radius 3 is 3.00 bits per heavy atom. The molecule has 1 unspecified atom stereocenters. The van der Waals surface area contributed by atoms with Gasteiger partial charge in [0.1, 0.15) is 6.07 Å². The molecule has 3 heterocycles. The molecule has 2 aromatic rings. The van der Waals surface area contributed by atoms with Crippen LogP contribution in [0.2, 0.25) is 0 Å². The van der Waals surface area contributed by atoms with Crippen LogP contribution in [0, 0.1) is 18.3 Å². The number of hydrogen-bond donors (Lipinski definition) is 2. The van der Waals surface area contributed by atoms with Crippen LogP contribution in [-0.4, -0.2) is 43.7 Å². The van der Waals surface area contributed by atoms with Crippen molar-refractivity contribution in [3.63, 3.8) is 0 Å². The number of H-pyrrole nitrogens is 1. The first-order valence-corrected chi connectivity index (χ1v) is 8.92. The molecule has 2 aliphatic rings. The highest BCUT2D eigenvalue weighted by molar-refractivity contribution is 7.86. The number of likely N-dealkylation sites (tertiary alicyclic amines) is 1. The van der Waals surface area contributed by atoms with Gasteiger partial charge in [-0.1, -0.05) is 6.07 Å². The predicted octanol–water partition coefficient (Wildman–Crippen LogP) is 2.09. The number of benzene rings is 1. The Kier molecular flexibility index (Phi) is 3.16. The third-order valence-corrected chi connectivity index (χ3v) is 6.57. The minimum absolute atomic E-state index is 0.0834. The molecule has 0 aliphatic carbocycles. The van der Waals surface area contributed by atoms with E-state index in [4.69, 9.17) is 0 Å². The molecule has 23 heavy (non-hydrogen) atoms. The topological polar surface area (TPSA) is 89.0 Å². The second-order valence-corrected chi connectivity index (χ2v) is 7.90. The van der Waals surface area contributed by atoms with E-state index in [-0.39, 0.29) is 17.3 Å². The second-order valence-electron chi connectivity index (χ2n) is 6.14. The molecule has 0 radical (unpaired) electrons. The van der Waals surface area contributed by atoms with Crippen molar-refractivity contribution < 1.29 is 9.00 Å². The number of hydrogen-bond acceptors (Lipinski definition) is 3. The van der Waals surface area contributed by atoms with Crippen LogP contribution in [0.15, 0.2) is 18.3 Å². The second kappa shape index (κ2) is 5.10. The van der Waals surface area contributed by atoms with E-state index in [9.17, 15) is 14.3 Å². The quantitative estimate of drug-likeness (QED) is 0.840. The van der Waals surface area contributed by atoms with E-state index in [1.807, 2.05) is 19.1 Å². The number of nitriles is 1. The molecular weight excluding hydrogens is 312 g/mol. The summed E-state index contributed by atoms with van der Waals surface area (Å²) in [7, 11) is -0.782. The third-order valence-electron chi connectivity index (χ3n) is 4.77. The predicted molar refractivity (Wildman–Crippen MR) is 88.7 cm³/mol. The van der Waals surface area contributed by atoms with Crippen LogP contribution < -0.4 is 5.32 Å². The molecule has 0 spiro atoms. The molecule has 0 saturated carbocycles. The van der Waals surface area contributed by atoms with Crippen LogP contribution >= 0.6 is 0 Å². The molecule has 2 aliphatic heterocycles. The molecular formula is C16H16N4O2S. The zero-order valence-electron chi connectivity index (χ0n) is 12.6. The summed E-state index contributed by atoms with van der Waals surface area (Å²) in [4.78, 5) is 17.4. The molecule has 3 atom stereocenters. The molecule has 118 valence electrons. The van der Waals surface area contributed by atoms with E-state index in [0.29, 0.717) is 23.5 Å². The molecule has 1 aromatic heterocycles. The van der Waals surface area contributed by atoms with Gasteiger partial charge in [0.25, 0.3) is 0 Å². The van der Waals surface area contributed by atoms with Crippen LogP contribution in [0.4, 0.5) is 10.5 Å². The molecule has 6 nitrogen and oxygen atoms in total. The summed E-state index contributed by atoms with van der Waals surface area (Å²) in [6.45, 7) is 2.50. The minimum Gasteiger partial charge on any atom is -0.358 e. The van der Waals surface area contributed by atoms with E-state index in [0.717, 1.165) is 22.9 Å². The van der Waals surface area contributed by atoms with Gasteiger partial charge in [-0.2, -0.15) is 5.26 Å². The number of nitrogens with one attached hydrogen (secondary N) is 2. The monoisotopic (exact) mass is 328 g/mol. The highest BCUT2D eigenvalue weighted by Crippen LogP contribution is 2.32. The summed E-state index contributed by atoms with van der Waals surface area (Å²) >= 11 is 0. The number of urea groups is 1. The van der Waals surface area contributed by atoms with Crippen molar-refractivity contribution in [1.82, 2.24) is 9.88 Å². The van der Waals surface area contributed by atoms with Crippen LogP contribution in [0.25, 0.3) is 10.9 Å². The molecule has 4 rings (SSSR count). The van der Waals surface area contributed by atoms with Gasteiger partial charge in [-0.25, -0.2) is 4.79 Å². The number of aryl methyl sites for hydroxylation is 1. The molecule has 1 aromatic carbocycles. The molecule has 2 saturated heterocycles. The third kappa shape index (κ3) is 2.13. The van der Waals surface area contributed by atoms with Gasteiger partial charge in [0.15, 0.2) is 0 Å². The SMILES string of the molecule is Cc1ccc(NC(=O)N2C[C@@H]3C[C@H]2CS3=O)c2[nH]cc(C#N)c12. The van der Waals surface area contributed by atoms with Crippen molar-refractivity contribution in [2.75, 3.05) is 17.6 Å². The van der Waals surface area contributed by atoms with Crippen LogP contribution in [0.3, 0.4) is 0 Å². The zero-order valence-corrected chi connectivity index (χ0v) is 13.4. The fourth-order valence-corrected chi connectivity index (χ4v) is 5.33. The molecule has 2 fully saturated rings. The summed E-state index contributed by atoms with van der Waals surface area (Å²) in [5.41, 5.74) is 3.00. The van der Waals surface area contributed by atoms with E-state index in [1.54, 1.807) is 11.1 Å². The van der Waals surface area contributed by atoms with Crippen molar-refractivity contribution in [1.29, 1.82) is 5.26 Å². The van der Waals surface area contributed by atoms with E-state index in [2.05, 4.69) is 16.4 Å². The molecule has 2 bridgehead atoms. The van der Waals surface area contributed by atoms with Gasteiger partial charge in [-0.15, -0.1) is 0 Å². The van der Waals surface area contributed by atoms with Gasteiger partial charge in [0.2, 0.25) is 0 Å². The number of nitrogens with zero attached hydrogens (tertiary/aromatic N) is 2. The number of carbonyl (C=O) groups is 1. The molecule has 7 heteroatoms. The van der Waals surface area contributed by atoms with Crippen molar-refractivity contribution >= 4 is 33.4 Å². The molecule has 2 amide bonds. The standard InChI is InChI=1S/C16H16N4O2S/c1-9-2-3-13(15-14(9)10(5-17)6-18-15)19-16(21)20-7-12-4-11(20)8-23(12)22/h2-3,6,11-12,18H,4,7-8H2,1H3,(H,19,21)/t11-,12-,23?/m0/s1. The largest absolute Gasteiger partial charge is 0.358 e. The van der Waals surface area contributed by atoms with Gasteiger partial charge in [0, 0.05) is 40.7 Å². The van der Waals surface area contributed by atoms with Gasteiger partial charge < -0.3 is 15.2 Å². The van der Waals surface area contributed by atoms with Gasteiger partial charge in [-0.3, -0.25) is 4.21 Å². The zero-order chi connectivity index (χ0) is 16.1. The first-order chi connectivity index (χ1) is 11.1. The number of carbonyl (C=O) groups excluding carboxylic acids is 1. The minimum atomic E-state index is -0.782. The van der Waals surface area contributed by atoms with E-state index < -0.39 is 10.8 Å². The number of fused-ring (bicyclic) bond motifs is 3. The van der Waals surface area contributed by atoms with Crippen LogP contribution in [-0.2, 0) is 10.8 Å². The van der Waals surface area contributed by atoms with Gasteiger partial charge in [0.05, 0.1) is 22.0 Å². The lowest BCUT2D eigenvalue weighted by molar-refractivity contribution is 0.210. The summed E-state index contributed by atoms with van der Waals surface area (Å²) in [5.74, 6) is 0.586. The average molecular weight is 328 g/mol. The lowest BCUT2D eigenvalue weighted by Gasteiger charge is -2.26. The summed E-state index contributed by atoms with van der Waals surface area (Å²) < 4.78 is 11.7.